The molecule has 0 heterocycles. The number of ether oxygens (including phenoxy) is 2. The minimum atomic E-state index is -0.859. The third kappa shape index (κ3) is 3.81. The summed E-state index contributed by atoms with van der Waals surface area (Å²) < 4.78 is 9.80. The molecule has 0 fully saturated rings. The molecule has 2 aromatic rings. The molecule has 0 bridgehead atoms. The molecule has 0 spiro atoms. The van der Waals surface area contributed by atoms with E-state index >= 15 is 0 Å². The SMILES string of the molecule is O=C(OCc1ccccc1)Oc1ccc([N+](=O)[O-])cc1. The predicted octanol–water partition coefficient (Wildman–Crippen LogP) is 3.31. The Balaban J connectivity index is 1.86. The Kier molecular flexibility index (Phi) is 4.28. The van der Waals surface area contributed by atoms with Crippen LogP contribution in [0.4, 0.5) is 10.5 Å². The highest BCUT2D eigenvalue weighted by Crippen LogP contribution is 2.17. The van der Waals surface area contributed by atoms with E-state index in [1.165, 1.54) is 24.3 Å². The zero-order chi connectivity index (χ0) is 14.4. The van der Waals surface area contributed by atoms with Crippen molar-refractivity contribution >= 4 is 11.8 Å². The van der Waals surface area contributed by atoms with Crippen LogP contribution in [-0.2, 0) is 11.3 Å². The summed E-state index contributed by atoms with van der Waals surface area (Å²) in [7, 11) is 0. The lowest BCUT2D eigenvalue weighted by Crippen LogP contribution is -2.10. The molecule has 2 rings (SSSR count). The van der Waals surface area contributed by atoms with Gasteiger partial charge < -0.3 is 9.47 Å². The van der Waals surface area contributed by atoms with Crippen LogP contribution in [0.15, 0.2) is 54.6 Å². The van der Waals surface area contributed by atoms with Crippen molar-refractivity contribution < 1.29 is 19.2 Å². The van der Waals surface area contributed by atoms with E-state index in [1.54, 1.807) is 0 Å². The molecule has 0 aliphatic rings. The summed E-state index contributed by atoms with van der Waals surface area (Å²) in [6, 6.07) is 14.3. The van der Waals surface area contributed by atoms with Gasteiger partial charge >= 0.3 is 6.16 Å². The second kappa shape index (κ2) is 6.33. The molecular formula is C14H11NO5. The van der Waals surface area contributed by atoms with E-state index in [0.29, 0.717) is 0 Å². The van der Waals surface area contributed by atoms with Gasteiger partial charge in [-0.15, -0.1) is 0 Å². The highest BCUT2D eigenvalue weighted by Gasteiger charge is 2.09. The van der Waals surface area contributed by atoms with Crippen molar-refractivity contribution in [3.8, 4) is 5.75 Å². The Bertz CT molecular complexity index is 595. The van der Waals surface area contributed by atoms with Crippen LogP contribution < -0.4 is 4.74 Å². The maximum atomic E-state index is 11.4. The van der Waals surface area contributed by atoms with Gasteiger partial charge in [0.1, 0.15) is 12.4 Å². The molecule has 0 radical (unpaired) electrons. The van der Waals surface area contributed by atoms with Crippen LogP contribution in [0.1, 0.15) is 5.56 Å². The van der Waals surface area contributed by atoms with Crippen molar-refractivity contribution in [1.82, 2.24) is 0 Å². The number of carbonyl (C=O) groups is 1. The molecule has 0 aliphatic carbocycles. The summed E-state index contributed by atoms with van der Waals surface area (Å²) in [6.07, 6.45) is -0.859. The molecule has 0 aromatic heterocycles. The summed E-state index contributed by atoms with van der Waals surface area (Å²) in [5.74, 6) is 0.189. The Morgan fingerprint density at radius 2 is 1.70 bits per heavy atom. The standard InChI is InChI=1S/C14H11NO5/c16-14(19-10-11-4-2-1-3-5-11)20-13-8-6-12(7-9-13)15(17)18/h1-9H,10H2. The van der Waals surface area contributed by atoms with Gasteiger partial charge in [-0.3, -0.25) is 10.1 Å². The summed E-state index contributed by atoms with van der Waals surface area (Å²) >= 11 is 0. The number of hydrogen-bond acceptors (Lipinski definition) is 5. The van der Waals surface area contributed by atoms with E-state index in [4.69, 9.17) is 9.47 Å². The summed E-state index contributed by atoms with van der Waals surface area (Å²) in [5, 5.41) is 10.5. The third-order valence-electron chi connectivity index (χ3n) is 2.45. The van der Waals surface area contributed by atoms with Crippen LogP contribution in [0, 0.1) is 10.1 Å². The van der Waals surface area contributed by atoms with Crippen LogP contribution in [0.3, 0.4) is 0 Å². The van der Waals surface area contributed by atoms with Gasteiger partial charge in [-0.25, -0.2) is 4.79 Å². The first-order valence-electron chi connectivity index (χ1n) is 5.78. The fraction of sp³-hybridized carbons (Fsp3) is 0.0714. The zero-order valence-electron chi connectivity index (χ0n) is 10.4. The molecule has 6 nitrogen and oxygen atoms in total. The molecular weight excluding hydrogens is 262 g/mol. The van der Waals surface area contributed by atoms with Gasteiger partial charge in [0.25, 0.3) is 5.69 Å². The number of nitro benzene ring substituents is 1. The predicted molar refractivity (Wildman–Crippen MR) is 70.4 cm³/mol. The van der Waals surface area contributed by atoms with Gasteiger partial charge in [0.2, 0.25) is 0 Å². The Morgan fingerprint density at radius 3 is 2.30 bits per heavy atom. The van der Waals surface area contributed by atoms with Crippen molar-refractivity contribution in [2.45, 2.75) is 6.61 Å². The molecule has 0 saturated heterocycles. The lowest BCUT2D eigenvalue weighted by molar-refractivity contribution is -0.384. The second-order valence-electron chi connectivity index (χ2n) is 3.88. The maximum absolute atomic E-state index is 11.4. The number of nitrogens with zero attached hydrogens (tertiary/aromatic N) is 1. The van der Waals surface area contributed by atoms with Gasteiger partial charge in [0.05, 0.1) is 4.92 Å². The highest BCUT2D eigenvalue weighted by atomic mass is 16.7. The van der Waals surface area contributed by atoms with Crippen molar-refractivity contribution in [3.05, 3.63) is 70.3 Å². The van der Waals surface area contributed by atoms with Crippen LogP contribution in [0.5, 0.6) is 5.75 Å². The molecule has 0 unspecified atom stereocenters. The van der Waals surface area contributed by atoms with E-state index in [0.717, 1.165) is 5.56 Å². The monoisotopic (exact) mass is 273 g/mol. The van der Waals surface area contributed by atoms with Gasteiger partial charge in [-0.2, -0.15) is 0 Å². The number of nitro groups is 1. The molecule has 6 heteroatoms. The third-order valence-corrected chi connectivity index (χ3v) is 2.45. The van der Waals surface area contributed by atoms with Crippen LogP contribution >= 0.6 is 0 Å². The maximum Gasteiger partial charge on any atom is 0.514 e. The molecule has 0 saturated carbocycles. The smallest absolute Gasteiger partial charge is 0.429 e. The van der Waals surface area contributed by atoms with Crippen LogP contribution in [0.2, 0.25) is 0 Å². The van der Waals surface area contributed by atoms with Crippen LogP contribution in [0.25, 0.3) is 0 Å². The quantitative estimate of drug-likeness (QED) is 0.369. The highest BCUT2D eigenvalue weighted by molar-refractivity contribution is 5.64. The average molecular weight is 273 g/mol. The summed E-state index contributed by atoms with van der Waals surface area (Å²) in [4.78, 5) is 21.4. The van der Waals surface area contributed by atoms with Gasteiger partial charge in [-0.1, -0.05) is 30.3 Å². The topological polar surface area (TPSA) is 78.7 Å². The second-order valence-corrected chi connectivity index (χ2v) is 3.88. The largest absolute Gasteiger partial charge is 0.514 e. The van der Waals surface area contributed by atoms with Crippen molar-refractivity contribution in [2.24, 2.45) is 0 Å². The minimum absolute atomic E-state index is 0.0741. The van der Waals surface area contributed by atoms with Crippen molar-refractivity contribution in [1.29, 1.82) is 0 Å². The number of benzene rings is 2. The molecule has 0 amide bonds. The van der Waals surface area contributed by atoms with E-state index in [9.17, 15) is 14.9 Å². The number of hydrogen-bond donors (Lipinski definition) is 0. The molecule has 0 atom stereocenters. The lowest BCUT2D eigenvalue weighted by atomic mass is 10.2. The van der Waals surface area contributed by atoms with E-state index in [1.807, 2.05) is 30.3 Å². The van der Waals surface area contributed by atoms with Crippen molar-refractivity contribution in [3.63, 3.8) is 0 Å². The van der Waals surface area contributed by atoms with E-state index in [-0.39, 0.29) is 18.0 Å². The first kappa shape index (κ1) is 13.5. The van der Waals surface area contributed by atoms with Crippen molar-refractivity contribution in [2.75, 3.05) is 0 Å². The molecule has 102 valence electrons. The number of non-ortho nitro benzene ring substituents is 1. The molecule has 20 heavy (non-hydrogen) atoms. The zero-order valence-corrected chi connectivity index (χ0v) is 10.4. The number of rotatable bonds is 4. The Morgan fingerprint density at radius 1 is 1.05 bits per heavy atom. The van der Waals surface area contributed by atoms with Crippen LogP contribution in [-0.4, -0.2) is 11.1 Å². The lowest BCUT2D eigenvalue weighted by Gasteiger charge is -2.05. The van der Waals surface area contributed by atoms with Gasteiger partial charge in [0.15, 0.2) is 0 Å². The summed E-state index contributed by atoms with van der Waals surface area (Å²) in [5.41, 5.74) is 0.767. The molecule has 2 aromatic carbocycles. The molecule has 0 N–H and O–H groups in total. The normalized spacial score (nSPS) is 9.80. The molecule has 0 aliphatic heterocycles. The van der Waals surface area contributed by atoms with Gasteiger partial charge in [-0.05, 0) is 17.7 Å². The number of carbonyl (C=O) groups excluding carboxylic acids is 1. The van der Waals surface area contributed by atoms with E-state index in [2.05, 4.69) is 0 Å². The summed E-state index contributed by atoms with van der Waals surface area (Å²) in [6.45, 7) is 0.104. The Labute approximate surface area is 114 Å². The van der Waals surface area contributed by atoms with Gasteiger partial charge in [0, 0.05) is 12.1 Å². The average Bonchev–Trinajstić information content (AvgIpc) is 2.47. The Hall–Kier alpha value is -2.89. The fourth-order valence-electron chi connectivity index (χ4n) is 1.48. The minimum Gasteiger partial charge on any atom is -0.429 e. The first-order chi connectivity index (χ1) is 9.65. The van der Waals surface area contributed by atoms with E-state index < -0.39 is 11.1 Å². The fourth-order valence-corrected chi connectivity index (χ4v) is 1.48. The first-order valence-corrected chi connectivity index (χ1v) is 5.78.